The third kappa shape index (κ3) is 3.50. The molecule has 0 spiro atoms. The zero-order valence-electron chi connectivity index (χ0n) is 12.9. The molecular weight excluding hydrogens is 286 g/mol. The summed E-state index contributed by atoms with van der Waals surface area (Å²) in [5.41, 5.74) is 0.478. The molecule has 1 aromatic rings. The van der Waals surface area contributed by atoms with E-state index in [-0.39, 0.29) is 12.5 Å². The third-order valence-electron chi connectivity index (χ3n) is 3.77. The van der Waals surface area contributed by atoms with Crippen molar-refractivity contribution in [2.24, 2.45) is 5.92 Å². The summed E-state index contributed by atoms with van der Waals surface area (Å²) >= 11 is 0. The van der Waals surface area contributed by atoms with Crippen LogP contribution < -0.4 is 9.47 Å². The van der Waals surface area contributed by atoms with E-state index in [9.17, 15) is 9.59 Å². The van der Waals surface area contributed by atoms with Crippen LogP contribution in [0, 0.1) is 5.92 Å². The molecule has 1 atom stereocenters. The zero-order valence-corrected chi connectivity index (χ0v) is 12.9. The number of likely N-dealkylation sites (tertiary alicyclic amines) is 1. The van der Waals surface area contributed by atoms with E-state index in [1.54, 1.807) is 23.1 Å². The molecule has 1 aliphatic heterocycles. The number of ether oxygens (including phenoxy) is 2. The number of carboxylic acid groups (broad SMARTS) is 1. The van der Waals surface area contributed by atoms with E-state index in [1.165, 1.54) is 7.11 Å². The number of piperidine rings is 1. The fourth-order valence-electron chi connectivity index (χ4n) is 2.62. The predicted molar refractivity (Wildman–Crippen MR) is 80.4 cm³/mol. The summed E-state index contributed by atoms with van der Waals surface area (Å²) in [6.07, 6.45) is 1.32. The lowest BCUT2D eigenvalue weighted by atomic mass is 9.97. The third-order valence-corrected chi connectivity index (χ3v) is 3.77. The quantitative estimate of drug-likeness (QED) is 0.900. The number of carbonyl (C=O) groups is 2. The van der Waals surface area contributed by atoms with Crippen molar-refractivity contribution >= 4 is 11.9 Å². The Bertz CT molecular complexity index is 557. The van der Waals surface area contributed by atoms with Gasteiger partial charge in [-0.15, -0.1) is 0 Å². The van der Waals surface area contributed by atoms with Gasteiger partial charge in [-0.3, -0.25) is 9.59 Å². The van der Waals surface area contributed by atoms with Gasteiger partial charge in [0.25, 0.3) is 5.91 Å². The summed E-state index contributed by atoms with van der Waals surface area (Å²) < 4.78 is 10.7. The Morgan fingerprint density at radius 2 is 2.14 bits per heavy atom. The molecule has 1 heterocycles. The Morgan fingerprint density at radius 1 is 1.36 bits per heavy atom. The van der Waals surface area contributed by atoms with E-state index in [2.05, 4.69) is 0 Å². The standard InChI is InChI=1S/C16H21NO5/c1-3-22-13-7-6-11(9-14(13)21-2)15(18)17-8-4-5-12(10-17)16(19)20/h6-7,9,12H,3-5,8,10H2,1-2H3,(H,19,20). The zero-order chi connectivity index (χ0) is 16.1. The number of methoxy groups -OCH3 is 1. The lowest BCUT2D eigenvalue weighted by Gasteiger charge is -2.30. The van der Waals surface area contributed by atoms with Crippen molar-refractivity contribution in [3.8, 4) is 11.5 Å². The number of aliphatic carboxylic acids is 1. The predicted octanol–water partition coefficient (Wildman–Crippen LogP) is 2.03. The Kier molecular flexibility index (Phi) is 5.25. The van der Waals surface area contributed by atoms with Crippen molar-refractivity contribution in [1.82, 2.24) is 4.90 Å². The first-order valence-electron chi connectivity index (χ1n) is 7.39. The maximum absolute atomic E-state index is 12.5. The molecule has 1 unspecified atom stereocenters. The summed E-state index contributed by atoms with van der Waals surface area (Å²) in [5, 5.41) is 9.11. The van der Waals surface area contributed by atoms with Gasteiger partial charge in [-0.2, -0.15) is 0 Å². The minimum atomic E-state index is -0.846. The van der Waals surface area contributed by atoms with Gasteiger partial charge in [-0.05, 0) is 38.0 Å². The van der Waals surface area contributed by atoms with Crippen LogP contribution in [0.3, 0.4) is 0 Å². The number of amides is 1. The Labute approximate surface area is 129 Å². The molecule has 1 amide bonds. The summed E-state index contributed by atoms with van der Waals surface area (Å²) in [5.74, 6) is -0.417. The van der Waals surface area contributed by atoms with Gasteiger partial charge in [0.15, 0.2) is 11.5 Å². The molecule has 0 saturated carbocycles. The number of hydrogen-bond acceptors (Lipinski definition) is 4. The summed E-state index contributed by atoms with van der Waals surface area (Å²) in [6.45, 7) is 3.22. The largest absolute Gasteiger partial charge is 0.493 e. The van der Waals surface area contributed by atoms with Crippen molar-refractivity contribution < 1.29 is 24.2 Å². The number of rotatable bonds is 5. The average Bonchev–Trinajstić information content (AvgIpc) is 2.55. The first-order chi connectivity index (χ1) is 10.6. The van der Waals surface area contributed by atoms with Gasteiger partial charge in [0.2, 0.25) is 0 Å². The maximum Gasteiger partial charge on any atom is 0.308 e. The number of benzene rings is 1. The van der Waals surface area contributed by atoms with E-state index >= 15 is 0 Å². The van der Waals surface area contributed by atoms with Gasteiger partial charge in [-0.25, -0.2) is 0 Å². The summed E-state index contributed by atoms with van der Waals surface area (Å²) in [4.78, 5) is 25.2. The average molecular weight is 307 g/mol. The van der Waals surface area contributed by atoms with Gasteiger partial charge >= 0.3 is 5.97 Å². The van der Waals surface area contributed by atoms with Crippen molar-refractivity contribution in [3.05, 3.63) is 23.8 Å². The highest BCUT2D eigenvalue weighted by molar-refractivity contribution is 5.95. The molecule has 0 aliphatic carbocycles. The van der Waals surface area contributed by atoms with Crippen molar-refractivity contribution in [1.29, 1.82) is 0 Å². The first-order valence-corrected chi connectivity index (χ1v) is 7.39. The highest BCUT2D eigenvalue weighted by Gasteiger charge is 2.29. The molecule has 1 N–H and O–H groups in total. The molecule has 0 bridgehead atoms. The smallest absolute Gasteiger partial charge is 0.308 e. The number of nitrogens with zero attached hydrogens (tertiary/aromatic N) is 1. The molecule has 1 aromatic carbocycles. The highest BCUT2D eigenvalue weighted by atomic mass is 16.5. The molecule has 0 aromatic heterocycles. The van der Waals surface area contributed by atoms with Gasteiger partial charge in [0.1, 0.15) is 0 Å². The minimum absolute atomic E-state index is 0.174. The van der Waals surface area contributed by atoms with E-state index in [4.69, 9.17) is 14.6 Å². The van der Waals surface area contributed by atoms with Crippen LogP contribution in [0.15, 0.2) is 18.2 Å². The molecule has 120 valence electrons. The highest BCUT2D eigenvalue weighted by Crippen LogP contribution is 2.29. The second-order valence-corrected chi connectivity index (χ2v) is 5.23. The van der Waals surface area contributed by atoms with E-state index < -0.39 is 11.9 Å². The van der Waals surface area contributed by atoms with Crippen molar-refractivity contribution in [2.75, 3.05) is 26.8 Å². The van der Waals surface area contributed by atoms with Crippen molar-refractivity contribution in [2.45, 2.75) is 19.8 Å². The van der Waals surface area contributed by atoms with Crippen LogP contribution in [-0.4, -0.2) is 48.7 Å². The van der Waals surface area contributed by atoms with Crippen LogP contribution in [0.1, 0.15) is 30.1 Å². The van der Waals surface area contributed by atoms with Gasteiger partial charge < -0.3 is 19.5 Å². The molecule has 1 aliphatic rings. The summed E-state index contributed by atoms with van der Waals surface area (Å²) in [7, 11) is 1.52. The van der Waals surface area contributed by atoms with Gasteiger partial charge in [-0.1, -0.05) is 0 Å². The van der Waals surface area contributed by atoms with E-state index in [0.29, 0.717) is 43.1 Å². The van der Waals surface area contributed by atoms with Crippen LogP contribution in [0.4, 0.5) is 0 Å². The molecule has 0 radical (unpaired) electrons. The normalized spacial score (nSPS) is 17.9. The second-order valence-electron chi connectivity index (χ2n) is 5.23. The maximum atomic E-state index is 12.5. The molecule has 6 nitrogen and oxygen atoms in total. The van der Waals surface area contributed by atoms with Crippen LogP contribution in [0.5, 0.6) is 11.5 Å². The molecule has 6 heteroatoms. The fraction of sp³-hybridized carbons (Fsp3) is 0.500. The first kappa shape index (κ1) is 16.1. The minimum Gasteiger partial charge on any atom is -0.493 e. The lowest BCUT2D eigenvalue weighted by molar-refractivity contribution is -0.143. The topological polar surface area (TPSA) is 76.1 Å². The van der Waals surface area contributed by atoms with E-state index in [1.807, 2.05) is 6.92 Å². The van der Waals surface area contributed by atoms with Crippen LogP contribution >= 0.6 is 0 Å². The molecule has 1 saturated heterocycles. The number of carboxylic acids is 1. The van der Waals surface area contributed by atoms with Crippen LogP contribution in [0.25, 0.3) is 0 Å². The number of carbonyl (C=O) groups excluding carboxylic acids is 1. The van der Waals surface area contributed by atoms with Gasteiger partial charge in [0.05, 0.1) is 19.6 Å². The Morgan fingerprint density at radius 3 is 2.77 bits per heavy atom. The molecule has 2 rings (SSSR count). The molecular formula is C16H21NO5. The van der Waals surface area contributed by atoms with Crippen molar-refractivity contribution in [3.63, 3.8) is 0 Å². The Hall–Kier alpha value is -2.24. The van der Waals surface area contributed by atoms with Gasteiger partial charge in [0, 0.05) is 18.7 Å². The van der Waals surface area contributed by atoms with Crippen LogP contribution in [0.2, 0.25) is 0 Å². The second kappa shape index (κ2) is 7.15. The SMILES string of the molecule is CCOc1ccc(C(=O)N2CCCC(C(=O)O)C2)cc1OC. The number of hydrogen-bond donors (Lipinski definition) is 1. The monoisotopic (exact) mass is 307 g/mol. The lowest BCUT2D eigenvalue weighted by Crippen LogP contribution is -2.42. The molecule has 1 fully saturated rings. The summed E-state index contributed by atoms with van der Waals surface area (Å²) in [6, 6.07) is 5.02. The van der Waals surface area contributed by atoms with Crippen LogP contribution in [-0.2, 0) is 4.79 Å². The van der Waals surface area contributed by atoms with E-state index in [0.717, 1.165) is 0 Å². The Balaban J connectivity index is 2.16. The fourth-order valence-corrected chi connectivity index (χ4v) is 2.62. The molecule has 22 heavy (non-hydrogen) atoms.